The average Bonchev–Trinajstić information content (AvgIpc) is 1.67. The highest BCUT2D eigenvalue weighted by Gasteiger charge is 2.30. The van der Waals surface area contributed by atoms with E-state index in [2.05, 4.69) is 260 Å². The summed E-state index contributed by atoms with van der Waals surface area (Å²) >= 11 is 0. The molecule has 5 aromatic carbocycles. The van der Waals surface area contributed by atoms with Gasteiger partial charge in [0.2, 0.25) is 5.91 Å². The van der Waals surface area contributed by atoms with Crippen LogP contribution in [0.3, 0.4) is 0 Å². The highest BCUT2D eigenvalue weighted by molar-refractivity contribution is 5.97. The molecule has 10 nitrogen and oxygen atoms in total. The number of nitrogens with zero attached hydrogens (tertiary/aromatic N) is 2. The van der Waals surface area contributed by atoms with Crippen molar-refractivity contribution in [2.24, 2.45) is 29.6 Å². The van der Waals surface area contributed by atoms with Gasteiger partial charge in [-0.1, -0.05) is 135 Å². The lowest BCUT2D eigenvalue weighted by molar-refractivity contribution is -0.121. The van der Waals surface area contributed by atoms with Crippen LogP contribution in [0, 0.1) is 29.6 Å². The number of aromatic nitrogens is 3. The second kappa shape index (κ2) is 28.8. The number of rotatable bonds is 10. The summed E-state index contributed by atoms with van der Waals surface area (Å²) in [6.45, 7) is 49.8. The number of carbonyl (C=O) groups is 1. The summed E-state index contributed by atoms with van der Waals surface area (Å²) in [5.74, 6) is 8.14. The van der Waals surface area contributed by atoms with E-state index in [0.29, 0.717) is 65.3 Å². The van der Waals surface area contributed by atoms with Crippen LogP contribution in [0.15, 0.2) is 105 Å². The first-order valence-electron chi connectivity index (χ1n) is 36.3. The summed E-state index contributed by atoms with van der Waals surface area (Å²) in [7, 11) is 0. The van der Waals surface area contributed by atoms with Crippen LogP contribution in [0.1, 0.15) is 254 Å². The van der Waals surface area contributed by atoms with E-state index in [9.17, 15) is 4.79 Å². The molecule has 9 heterocycles. The number of nitrogens with one attached hydrogen (secondary N) is 4. The monoisotopic (exact) mass is 1280 g/mol. The van der Waals surface area contributed by atoms with E-state index in [4.69, 9.17) is 13.6 Å². The van der Waals surface area contributed by atoms with Gasteiger partial charge >= 0.3 is 0 Å². The van der Waals surface area contributed by atoms with Crippen molar-refractivity contribution < 1.29 is 18.4 Å². The maximum atomic E-state index is 12.5. The molecule has 95 heavy (non-hydrogen) atoms. The number of fused-ring (bicyclic) bond motifs is 10. The predicted octanol–water partition coefficient (Wildman–Crippen LogP) is 22.8. The second-order valence-corrected chi connectivity index (χ2v) is 31.6. The SMILES string of the molecule is CC(C)C1=Cc2cc3[nH]c(C(C)C)cc3cc2C1.CC(C)C1CCc2cc3c(cc2OC1)CCC(C(C)C)C(=O)N3.CC(C)N1Cc2cc3c(cc2C1)CN(C(C)C)C3.CC(C)c1cc2cc3cc(C(C)C)[nH]c3cc2[nH]1.CC(C)c1cc2cc3cc(C(C)C)oc3cc2o1. The minimum atomic E-state index is 0.105. The molecule has 10 aromatic rings. The third kappa shape index (κ3) is 15.6. The molecule has 0 radical (unpaired) electrons. The van der Waals surface area contributed by atoms with E-state index < -0.39 is 0 Å². The van der Waals surface area contributed by atoms with Gasteiger partial charge in [0.05, 0.1) is 6.61 Å². The van der Waals surface area contributed by atoms with Crippen molar-refractivity contribution in [1.29, 1.82) is 0 Å². The van der Waals surface area contributed by atoms with Crippen LogP contribution in [0.4, 0.5) is 5.69 Å². The fourth-order valence-electron chi connectivity index (χ4n) is 14.2. The first kappa shape index (κ1) is 69.1. The fraction of sp³-hybridized carbons (Fsp3) is 0.494. The van der Waals surface area contributed by atoms with Crippen molar-refractivity contribution in [2.75, 3.05) is 11.9 Å². The molecule has 5 aliphatic rings. The summed E-state index contributed by atoms with van der Waals surface area (Å²) in [5, 5.41) is 9.44. The van der Waals surface area contributed by atoms with Gasteiger partial charge in [-0.15, -0.1) is 0 Å². The van der Waals surface area contributed by atoms with Gasteiger partial charge in [-0.3, -0.25) is 14.6 Å². The number of anilines is 1. The molecule has 1 aliphatic carbocycles. The van der Waals surface area contributed by atoms with Crippen molar-refractivity contribution >= 4 is 72.3 Å². The van der Waals surface area contributed by atoms with Crippen molar-refractivity contribution in [2.45, 2.75) is 238 Å². The van der Waals surface area contributed by atoms with E-state index in [1.807, 2.05) is 6.07 Å². The number of H-pyrrole nitrogens is 3. The molecule has 0 fully saturated rings. The van der Waals surface area contributed by atoms with Crippen molar-refractivity contribution in [1.82, 2.24) is 24.8 Å². The molecule has 506 valence electrons. The van der Waals surface area contributed by atoms with E-state index in [1.165, 1.54) is 72.0 Å². The molecule has 15 rings (SSSR count). The Morgan fingerprint density at radius 1 is 0.421 bits per heavy atom. The van der Waals surface area contributed by atoms with E-state index in [1.54, 1.807) is 27.8 Å². The summed E-state index contributed by atoms with van der Waals surface area (Å²) in [6, 6.07) is 35.0. The maximum Gasteiger partial charge on any atom is 0.227 e. The maximum absolute atomic E-state index is 12.5. The number of aromatic amines is 3. The number of allylic oxidation sites excluding steroid dienone is 1. The average molecular weight is 1280 g/mol. The largest absolute Gasteiger partial charge is 0.493 e. The Morgan fingerprint density at radius 3 is 1.35 bits per heavy atom. The molecule has 0 saturated heterocycles. The smallest absolute Gasteiger partial charge is 0.227 e. The van der Waals surface area contributed by atoms with Gasteiger partial charge in [0.1, 0.15) is 28.4 Å². The minimum Gasteiger partial charge on any atom is -0.493 e. The summed E-state index contributed by atoms with van der Waals surface area (Å²) in [4.78, 5) is 28.1. The Kier molecular flexibility index (Phi) is 21.0. The molecule has 0 spiro atoms. The molecule has 4 aliphatic heterocycles. The Balaban J connectivity index is 0.000000121. The molecule has 2 unspecified atom stereocenters. The Labute approximate surface area is 567 Å². The molecule has 5 aromatic heterocycles. The molecular formula is C85H112N6O4. The van der Waals surface area contributed by atoms with Gasteiger partial charge in [0, 0.05) is 123 Å². The van der Waals surface area contributed by atoms with Crippen molar-refractivity contribution in [3.8, 4) is 5.75 Å². The Morgan fingerprint density at radius 2 is 0.895 bits per heavy atom. The van der Waals surface area contributed by atoms with Crippen LogP contribution in [0.25, 0.3) is 60.7 Å². The molecular weight excluding hydrogens is 1170 g/mol. The van der Waals surface area contributed by atoms with Gasteiger partial charge in [-0.25, -0.2) is 0 Å². The van der Waals surface area contributed by atoms with Crippen LogP contribution in [-0.2, 0) is 50.2 Å². The topological polar surface area (TPSA) is 118 Å². The first-order valence-corrected chi connectivity index (χ1v) is 36.3. The van der Waals surface area contributed by atoms with E-state index in [-0.39, 0.29) is 11.8 Å². The van der Waals surface area contributed by atoms with Crippen LogP contribution >= 0.6 is 0 Å². The molecule has 4 N–H and O–H groups in total. The van der Waals surface area contributed by atoms with Gasteiger partial charge in [-0.2, -0.15) is 0 Å². The zero-order valence-corrected chi connectivity index (χ0v) is 61.3. The standard InChI is InChI=1S/C20H29NO2.C17H21N.C16H24N2.C16H20N2.C16H18O2/c1-12(2)16-6-5-15-9-18-14(10-19(15)23-11-16)7-8-17(13(3)4)20(22)21-18;1-10(2)12-5-13-7-15-9-16(11(3)4)18-17(15)8-14(13)6-12;1-11(2)17-7-13-5-15-9-18(12(3)4)10-16(15)6-14(13)8-17;2*1-9(2)13-6-11-5-12-7-14(10(3)4)18-16(12)8-15(11)17-13/h9-10,12-13,16-17H,5-8,11H2,1-4H3,(H,21,22);6-11,18H,5H2,1-4H3;5-6,11-12H,7-10H2,1-4H3;5-10,17-18H,1-4H3;5-10H,1-4H3. The summed E-state index contributed by atoms with van der Waals surface area (Å²) < 4.78 is 17.8. The zero-order chi connectivity index (χ0) is 68.0. The van der Waals surface area contributed by atoms with E-state index >= 15 is 0 Å². The third-order valence-electron chi connectivity index (χ3n) is 21.0. The van der Waals surface area contributed by atoms with Crippen LogP contribution in [0.2, 0.25) is 0 Å². The number of hydrogen-bond acceptors (Lipinski definition) is 6. The highest BCUT2D eigenvalue weighted by atomic mass is 16.5. The minimum absolute atomic E-state index is 0.105. The summed E-state index contributed by atoms with van der Waals surface area (Å²) in [6.07, 6.45) is 7.56. The predicted molar refractivity (Wildman–Crippen MR) is 400 cm³/mol. The highest BCUT2D eigenvalue weighted by Crippen LogP contribution is 2.40. The number of amides is 1. The van der Waals surface area contributed by atoms with Gasteiger partial charge in [-0.05, 0) is 224 Å². The second-order valence-electron chi connectivity index (χ2n) is 31.6. The lowest BCUT2D eigenvalue weighted by atomic mass is 9.89. The van der Waals surface area contributed by atoms with Crippen LogP contribution in [0.5, 0.6) is 5.75 Å². The number of aryl methyl sites for hydroxylation is 2. The summed E-state index contributed by atoms with van der Waals surface area (Å²) in [5.41, 5.74) is 23.7. The number of benzene rings is 5. The van der Waals surface area contributed by atoms with E-state index in [0.717, 1.165) is 110 Å². The molecule has 0 saturated carbocycles. The quantitative estimate of drug-likeness (QED) is 0.108. The fourth-order valence-corrected chi connectivity index (χ4v) is 14.2. The molecule has 0 bridgehead atoms. The number of ether oxygens (including phenoxy) is 1. The first-order chi connectivity index (χ1) is 45.1. The normalized spacial score (nSPS) is 17.1. The van der Waals surface area contributed by atoms with Crippen molar-refractivity contribution in [3.05, 3.63) is 170 Å². The number of furan rings is 2. The van der Waals surface area contributed by atoms with Gasteiger partial charge in [0.25, 0.3) is 0 Å². The van der Waals surface area contributed by atoms with Gasteiger partial charge < -0.3 is 33.8 Å². The van der Waals surface area contributed by atoms with Crippen molar-refractivity contribution in [3.63, 3.8) is 0 Å². The number of carbonyl (C=O) groups excluding carboxylic acids is 1. The van der Waals surface area contributed by atoms with Crippen LogP contribution < -0.4 is 10.1 Å². The third-order valence-corrected chi connectivity index (χ3v) is 21.0. The zero-order valence-electron chi connectivity index (χ0n) is 61.3. The number of hydrogen-bond donors (Lipinski definition) is 4. The Bertz CT molecular complexity index is 3950. The van der Waals surface area contributed by atoms with Crippen LogP contribution in [-0.4, -0.2) is 49.3 Å². The Hall–Kier alpha value is -7.27. The molecule has 1 amide bonds. The lowest BCUT2D eigenvalue weighted by Crippen LogP contribution is -2.25. The molecule has 2 atom stereocenters. The van der Waals surface area contributed by atoms with Gasteiger partial charge in [0.15, 0.2) is 0 Å². The lowest BCUT2D eigenvalue weighted by Gasteiger charge is -2.19. The molecule has 10 heteroatoms.